The zero-order chi connectivity index (χ0) is 13.0. The molecule has 1 unspecified atom stereocenters. The van der Waals surface area contributed by atoms with E-state index < -0.39 is 0 Å². The van der Waals surface area contributed by atoms with Crippen molar-refractivity contribution < 1.29 is 4.39 Å². The summed E-state index contributed by atoms with van der Waals surface area (Å²) >= 11 is 0. The van der Waals surface area contributed by atoms with Crippen molar-refractivity contribution in [3.63, 3.8) is 0 Å². The molecule has 1 atom stereocenters. The van der Waals surface area contributed by atoms with Crippen LogP contribution in [0.1, 0.15) is 43.2 Å². The van der Waals surface area contributed by atoms with E-state index in [0.29, 0.717) is 12.0 Å². The fraction of sp³-hybridized carbons (Fsp3) is 0.600. The van der Waals surface area contributed by atoms with E-state index in [1.807, 2.05) is 13.0 Å². The summed E-state index contributed by atoms with van der Waals surface area (Å²) in [7, 11) is 0. The van der Waals surface area contributed by atoms with Gasteiger partial charge < -0.3 is 0 Å². The molecule has 2 nitrogen and oxygen atoms in total. The molecule has 3 N–H and O–H groups in total. The van der Waals surface area contributed by atoms with Crippen molar-refractivity contribution in [3.8, 4) is 0 Å². The number of nitrogens with two attached hydrogens (primary N) is 1. The average molecular weight is 250 g/mol. The molecule has 0 spiro atoms. The first-order chi connectivity index (χ1) is 8.70. The van der Waals surface area contributed by atoms with E-state index in [1.54, 1.807) is 6.07 Å². The molecule has 0 bridgehead atoms. The topological polar surface area (TPSA) is 38.0 Å². The maximum absolute atomic E-state index is 13.1. The third-order valence-corrected chi connectivity index (χ3v) is 4.18. The number of halogens is 1. The van der Waals surface area contributed by atoms with E-state index in [4.69, 9.17) is 5.84 Å². The summed E-state index contributed by atoms with van der Waals surface area (Å²) in [4.78, 5) is 0. The smallest absolute Gasteiger partial charge is 0.123 e. The van der Waals surface area contributed by atoms with Crippen LogP contribution in [0, 0.1) is 18.7 Å². The van der Waals surface area contributed by atoms with E-state index in [1.165, 1.54) is 43.7 Å². The van der Waals surface area contributed by atoms with Gasteiger partial charge in [0.05, 0.1) is 0 Å². The first kappa shape index (κ1) is 13.5. The standard InChI is InChI=1S/C15H23FN2/c1-11-9-14(16)8-7-13(11)10-15(18-17)12-5-3-2-4-6-12/h7-9,12,15,18H,2-6,10,17H2,1H3. The van der Waals surface area contributed by atoms with Crippen LogP contribution in [0.3, 0.4) is 0 Å². The van der Waals surface area contributed by atoms with E-state index in [2.05, 4.69) is 5.43 Å². The Kier molecular flexibility index (Phi) is 4.72. The highest BCUT2D eigenvalue weighted by molar-refractivity contribution is 5.27. The molecule has 1 fully saturated rings. The molecule has 0 saturated heterocycles. The monoisotopic (exact) mass is 250 g/mol. The Bertz CT molecular complexity index is 386. The summed E-state index contributed by atoms with van der Waals surface area (Å²) in [5.74, 6) is 6.21. The highest BCUT2D eigenvalue weighted by Gasteiger charge is 2.23. The van der Waals surface area contributed by atoms with Crippen LogP contribution in [0.5, 0.6) is 0 Å². The molecule has 100 valence electrons. The molecule has 1 aromatic carbocycles. The summed E-state index contributed by atoms with van der Waals surface area (Å²) in [5.41, 5.74) is 5.19. The molecule has 2 rings (SSSR count). The van der Waals surface area contributed by atoms with E-state index in [9.17, 15) is 4.39 Å². The highest BCUT2D eigenvalue weighted by Crippen LogP contribution is 2.28. The largest absolute Gasteiger partial charge is 0.271 e. The summed E-state index contributed by atoms with van der Waals surface area (Å²) in [6, 6.07) is 5.34. The van der Waals surface area contributed by atoms with Crippen LogP contribution >= 0.6 is 0 Å². The predicted octanol–water partition coefficient (Wildman–Crippen LogP) is 3.09. The van der Waals surface area contributed by atoms with Crippen molar-refractivity contribution in [2.75, 3.05) is 0 Å². The lowest BCUT2D eigenvalue weighted by Crippen LogP contribution is -2.43. The zero-order valence-corrected chi connectivity index (χ0v) is 11.1. The minimum atomic E-state index is -0.161. The van der Waals surface area contributed by atoms with Crippen molar-refractivity contribution >= 4 is 0 Å². The van der Waals surface area contributed by atoms with E-state index in [-0.39, 0.29) is 5.82 Å². The molecule has 18 heavy (non-hydrogen) atoms. The third-order valence-electron chi connectivity index (χ3n) is 4.18. The lowest BCUT2D eigenvalue weighted by molar-refractivity contribution is 0.268. The third kappa shape index (κ3) is 3.30. The summed E-state index contributed by atoms with van der Waals surface area (Å²) < 4.78 is 13.1. The maximum atomic E-state index is 13.1. The Hall–Kier alpha value is -0.930. The summed E-state index contributed by atoms with van der Waals surface area (Å²) in [6.07, 6.45) is 7.39. The van der Waals surface area contributed by atoms with Crippen LogP contribution in [-0.4, -0.2) is 6.04 Å². The van der Waals surface area contributed by atoms with Crippen LogP contribution in [0.25, 0.3) is 0 Å². The number of hydrogen-bond acceptors (Lipinski definition) is 2. The lowest BCUT2D eigenvalue weighted by Gasteiger charge is -2.30. The summed E-state index contributed by atoms with van der Waals surface area (Å²) in [5, 5.41) is 0. The van der Waals surface area contributed by atoms with Crippen molar-refractivity contribution in [1.82, 2.24) is 5.43 Å². The van der Waals surface area contributed by atoms with Gasteiger partial charge in [-0.05, 0) is 55.4 Å². The lowest BCUT2D eigenvalue weighted by atomic mass is 9.81. The van der Waals surface area contributed by atoms with Crippen molar-refractivity contribution in [2.45, 2.75) is 51.5 Å². The van der Waals surface area contributed by atoms with E-state index >= 15 is 0 Å². The van der Waals surface area contributed by atoms with Gasteiger partial charge in [0.25, 0.3) is 0 Å². The Morgan fingerprint density at radius 3 is 2.67 bits per heavy atom. The van der Waals surface area contributed by atoms with Gasteiger partial charge in [-0.3, -0.25) is 11.3 Å². The molecule has 0 aliphatic heterocycles. The number of benzene rings is 1. The normalized spacial score (nSPS) is 18.8. The predicted molar refractivity (Wildman–Crippen MR) is 72.5 cm³/mol. The Labute approximate surface area is 109 Å². The van der Waals surface area contributed by atoms with Gasteiger partial charge in [0, 0.05) is 6.04 Å². The van der Waals surface area contributed by atoms with E-state index in [0.717, 1.165) is 12.0 Å². The molecule has 1 aliphatic rings. The number of rotatable bonds is 4. The van der Waals surface area contributed by atoms with Crippen LogP contribution in [0.4, 0.5) is 4.39 Å². The SMILES string of the molecule is Cc1cc(F)ccc1CC(NN)C1CCCCC1. The Morgan fingerprint density at radius 1 is 1.33 bits per heavy atom. The first-order valence-electron chi connectivity index (χ1n) is 6.92. The van der Waals surface area contributed by atoms with Gasteiger partial charge in [0.2, 0.25) is 0 Å². The fourth-order valence-electron chi connectivity index (χ4n) is 3.02. The summed E-state index contributed by atoms with van der Waals surface area (Å²) in [6.45, 7) is 1.97. The number of aryl methyl sites for hydroxylation is 1. The first-order valence-corrected chi connectivity index (χ1v) is 6.92. The molecular formula is C15H23FN2. The van der Waals surface area contributed by atoms with Crippen LogP contribution in [0.15, 0.2) is 18.2 Å². The number of hydrogen-bond donors (Lipinski definition) is 2. The molecule has 1 aromatic rings. The minimum Gasteiger partial charge on any atom is -0.271 e. The van der Waals surface area contributed by atoms with Crippen molar-refractivity contribution in [1.29, 1.82) is 0 Å². The van der Waals surface area contributed by atoms with Gasteiger partial charge in [0.15, 0.2) is 0 Å². The van der Waals surface area contributed by atoms with Gasteiger partial charge in [-0.2, -0.15) is 0 Å². The second-order valence-corrected chi connectivity index (χ2v) is 5.45. The van der Waals surface area contributed by atoms with Crippen molar-refractivity contribution in [2.24, 2.45) is 11.8 Å². The second kappa shape index (κ2) is 6.30. The number of hydrazine groups is 1. The Balaban J connectivity index is 2.04. The minimum absolute atomic E-state index is 0.161. The molecule has 0 radical (unpaired) electrons. The molecule has 0 amide bonds. The fourth-order valence-corrected chi connectivity index (χ4v) is 3.02. The molecule has 0 heterocycles. The van der Waals surface area contributed by atoms with Gasteiger partial charge in [-0.15, -0.1) is 0 Å². The molecular weight excluding hydrogens is 227 g/mol. The highest BCUT2D eigenvalue weighted by atomic mass is 19.1. The van der Waals surface area contributed by atoms with Crippen LogP contribution < -0.4 is 11.3 Å². The quantitative estimate of drug-likeness (QED) is 0.636. The molecule has 0 aromatic heterocycles. The van der Waals surface area contributed by atoms with Gasteiger partial charge in [-0.25, -0.2) is 4.39 Å². The van der Waals surface area contributed by atoms with Gasteiger partial charge in [0.1, 0.15) is 5.82 Å². The zero-order valence-electron chi connectivity index (χ0n) is 11.1. The van der Waals surface area contributed by atoms with Gasteiger partial charge >= 0.3 is 0 Å². The van der Waals surface area contributed by atoms with Crippen LogP contribution in [-0.2, 0) is 6.42 Å². The molecule has 1 saturated carbocycles. The Morgan fingerprint density at radius 2 is 2.06 bits per heavy atom. The molecule has 3 heteroatoms. The van der Waals surface area contributed by atoms with Crippen LogP contribution in [0.2, 0.25) is 0 Å². The number of nitrogens with one attached hydrogen (secondary N) is 1. The van der Waals surface area contributed by atoms with Gasteiger partial charge in [-0.1, -0.05) is 25.3 Å². The van der Waals surface area contributed by atoms with Crippen molar-refractivity contribution in [3.05, 3.63) is 35.1 Å². The maximum Gasteiger partial charge on any atom is 0.123 e. The second-order valence-electron chi connectivity index (χ2n) is 5.45. The average Bonchev–Trinajstić information content (AvgIpc) is 2.39. The molecule has 1 aliphatic carbocycles.